The van der Waals surface area contributed by atoms with Gasteiger partial charge in [-0.2, -0.15) is 20.7 Å². The number of anilines is 1. The zero-order chi connectivity index (χ0) is 20.4. The predicted molar refractivity (Wildman–Crippen MR) is 107 cm³/mol. The molecule has 2 atom stereocenters. The third-order valence-corrected chi connectivity index (χ3v) is 5.85. The van der Waals surface area contributed by atoms with Crippen LogP contribution >= 0.6 is 0 Å². The van der Waals surface area contributed by atoms with Crippen molar-refractivity contribution in [1.82, 2.24) is 19.4 Å². The maximum absolute atomic E-state index is 11.1. The molecule has 4 rings (SSSR count). The molecule has 3 aromatic heterocycles. The van der Waals surface area contributed by atoms with E-state index in [0.717, 1.165) is 18.4 Å². The lowest BCUT2D eigenvalue weighted by Gasteiger charge is -2.21. The molecule has 0 aromatic carbocycles. The lowest BCUT2D eigenvalue weighted by molar-refractivity contribution is 0.315. The van der Waals surface area contributed by atoms with Crippen LogP contribution in [0.4, 0.5) is 5.82 Å². The predicted octanol–water partition coefficient (Wildman–Crippen LogP) is 3.26. The van der Waals surface area contributed by atoms with Crippen molar-refractivity contribution in [2.24, 2.45) is 5.92 Å². The molecular weight excluding hydrogens is 390 g/mol. The third-order valence-electron chi connectivity index (χ3n) is 5.47. The van der Waals surface area contributed by atoms with Crippen LogP contribution in [-0.4, -0.2) is 28.2 Å². The van der Waals surface area contributed by atoms with E-state index in [0.29, 0.717) is 34.8 Å². The van der Waals surface area contributed by atoms with Crippen molar-refractivity contribution in [3.8, 4) is 23.3 Å². The lowest BCUT2D eigenvalue weighted by atomic mass is 9.96. The van der Waals surface area contributed by atoms with Crippen LogP contribution in [0, 0.1) is 28.6 Å². The summed E-state index contributed by atoms with van der Waals surface area (Å²) < 4.78 is 26.0. The van der Waals surface area contributed by atoms with E-state index in [1.807, 2.05) is 10.9 Å². The molecule has 2 unspecified atom stereocenters. The summed E-state index contributed by atoms with van der Waals surface area (Å²) >= 11 is -2.24. The highest BCUT2D eigenvalue weighted by Gasteiger charge is 2.27. The van der Waals surface area contributed by atoms with Crippen LogP contribution < -0.4 is 4.72 Å². The summed E-state index contributed by atoms with van der Waals surface area (Å²) in [5.74, 6) is 0.770. The summed E-state index contributed by atoms with van der Waals surface area (Å²) in [6.07, 6.45) is 9.93. The van der Waals surface area contributed by atoms with E-state index >= 15 is 0 Å². The Morgan fingerprint density at radius 1 is 1.28 bits per heavy atom. The number of fused-ring (bicyclic) bond motifs is 1. The summed E-state index contributed by atoms with van der Waals surface area (Å²) in [7, 11) is 0. The monoisotopic (exact) mass is 409 g/mol. The second-order valence-electron chi connectivity index (χ2n) is 7.10. The van der Waals surface area contributed by atoms with Crippen LogP contribution in [0.3, 0.4) is 0 Å². The summed E-state index contributed by atoms with van der Waals surface area (Å²) in [5, 5.41) is 27.6. The molecular formula is C19H19N7O2S. The Morgan fingerprint density at radius 3 is 2.76 bits per heavy atom. The van der Waals surface area contributed by atoms with Gasteiger partial charge in [-0.15, -0.1) is 0 Å². The molecule has 0 amide bonds. The zero-order valence-corrected chi connectivity index (χ0v) is 16.3. The van der Waals surface area contributed by atoms with Gasteiger partial charge < -0.3 is 0 Å². The number of aromatic nitrogens is 4. The zero-order valence-electron chi connectivity index (χ0n) is 15.5. The molecule has 3 aromatic rings. The van der Waals surface area contributed by atoms with Crippen LogP contribution in [0.25, 0.3) is 16.6 Å². The molecule has 1 aliphatic carbocycles. The minimum Gasteiger partial charge on any atom is -0.289 e. The number of nitriles is 2. The van der Waals surface area contributed by atoms with Crippen molar-refractivity contribution in [3.05, 3.63) is 36.3 Å². The Balaban J connectivity index is 1.78. The van der Waals surface area contributed by atoms with E-state index in [9.17, 15) is 14.7 Å². The van der Waals surface area contributed by atoms with Gasteiger partial charge in [0.2, 0.25) is 0 Å². The summed E-state index contributed by atoms with van der Waals surface area (Å²) in [5.41, 5.74) is 2.39. The first kappa shape index (κ1) is 19.1. The molecule has 0 spiro atoms. The molecule has 29 heavy (non-hydrogen) atoms. The van der Waals surface area contributed by atoms with Gasteiger partial charge in [-0.1, -0.05) is 12.8 Å². The Kier molecular flexibility index (Phi) is 5.30. The normalized spacial score (nSPS) is 16.4. The van der Waals surface area contributed by atoms with Crippen LogP contribution in [-0.2, 0) is 11.3 Å². The second kappa shape index (κ2) is 8.03. The smallest absolute Gasteiger partial charge is 0.260 e. The second-order valence-corrected chi connectivity index (χ2v) is 7.80. The van der Waals surface area contributed by atoms with Gasteiger partial charge in [-0.05, 0) is 30.9 Å². The van der Waals surface area contributed by atoms with E-state index < -0.39 is 11.3 Å². The van der Waals surface area contributed by atoms with Crippen LogP contribution in [0.5, 0.6) is 0 Å². The number of rotatable bonds is 6. The maximum atomic E-state index is 11.1. The number of nitrogens with one attached hydrogen (secondary N) is 1. The number of hydrogen-bond donors (Lipinski definition) is 2. The third kappa shape index (κ3) is 3.60. The fraction of sp³-hybridized carbons (Fsp3) is 0.368. The first-order valence-corrected chi connectivity index (χ1v) is 10.4. The largest absolute Gasteiger partial charge is 0.289 e. The van der Waals surface area contributed by atoms with Crippen molar-refractivity contribution in [3.63, 3.8) is 0 Å². The highest BCUT2D eigenvalue weighted by atomic mass is 32.2. The molecule has 2 N–H and O–H groups in total. The minimum atomic E-state index is -2.24. The maximum Gasteiger partial charge on any atom is 0.260 e. The molecule has 1 fully saturated rings. The molecule has 0 saturated heterocycles. The topological polar surface area (TPSA) is 132 Å². The van der Waals surface area contributed by atoms with Gasteiger partial charge in [0.25, 0.3) is 11.3 Å². The molecule has 0 radical (unpaired) electrons. The number of nitrogens with zero attached hydrogens (tertiary/aromatic N) is 6. The van der Waals surface area contributed by atoms with Crippen LogP contribution in [0.15, 0.2) is 30.7 Å². The molecule has 1 aliphatic rings. The average Bonchev–Trinajstić information content (AvgIpc) is 3.46. The Bertz CT molecular complexity index is 1150. The Labute approximate surface area is 170 Å². The van der Waals surface area contributed by atoms with Crippen molar-refractivity contribution in [1.29, 1.82) is 10.5 Å². The van der Waals surface area contributed by atoms with Crippen molar-refractivity contribution in [2.45, 2.75) is 38.1 Å². The highest BCUT2D eigenvalue weighted by Crippen LogP contribution is 2.37. The van der Waals surface area contributed by atoms with Crippen molar-refractivity contribution in [2.75, 3.05) is 4.72 Å². The average molecular weight is 409 g/mol. The van der Waals surface area contributed by atoms with Gasteiger partial charge in [-0.25, -0.2) is 8.72 Å². The molecule has 9 nitrogen and oxygen atoms in total. The minimum absolute atomic E-state index is 0.0143. The van der Waals surface area contributed by atoms with Gasteiger partial charge in [0.15, 0.2) is 0 Å². The van der Waals surface area contributed by atoms with Gasteiger partial charge in [0.1, 0.15) is 11.9 Å². The Hall–Kier alpha value is -3.21. The Morgan fingerprint density at radius 2 is 2.07 bits per heavy atom. The molecule has 3 heterocycles. The molecule has 148 valence electrons. The van der Waals surface area contributed by atoms with Gasteiger partial charge in [-0.3, -0.25) is 14.0 Å². The summed E-state index contributed by atoms with van der Waals surface area (Å²) in [6, 6.07) is 7.82. The number of hydrogen-bond acceptors (Lipinski definition) is 5. The fourth-order valence-corrected chi connectivity index (χ4v) is 4.51. The van der Waals surface area contributed by atoms with Gasteiger partial charge >= 0.3 is 0 Å². The molecule has 1 saturated carbocycles. The first-order valence-electron chi connectivity index (χ1n) is 9.32. The van der Waals surface area contributed by atoms with E-state index in [1.54, 1.807) is 18.3 Å². The van der Waals surface area contributed by atoms with Crippen molar-refractivity contribution >= 4 is 22.6 Å². The lowest BCUT2D eigenvalue weighted by Crippen LogP contribution is -2.17. The standard InChI is InChI=1S/C19H19N7O2S/c20-8-7-16(13-3-1-2-4-13)25-12-15(11-22-25)19-14(9-21)10-23-26-17(19)5-6-18(26)24-29(27)28/h5-6,10-13,16,24H,1-4,7H2,(H,27,28). The SMILES string of the molecule is N#CCC(C1CCCC1)n1cc(-c2c(C#N)cnn3c(NS(=O)O)ccc23)cn1. The summed E-state index contributed by atoms with van der Waals surface area (Å²) in [4.78, 5) is 0. The van der Waals surface area contributed by atoms with Gasteiger partial charge in [0.05, 0.1) is 42.0 Å². The van der Waals surface area contributed by atoms with E-state index in [4.69, 9.17) is 4.55 Å². The van der Waals surface area contributed by atoms with E-state index in [1.165, 1.54) is 23.6 Å². The van der Waals surface area contributed by atoms with Crippen LogP contribution in [0.1, 0.15) is 43.7 Å². The quantitative estimate of drug-likeness (QED) is 0.601. The molecule has 0 aliphatic heterocycles. The molecule has 0 bridgehead atoms. The van der Waals surface area contributed by atoms with Crippen molar-refractivity contribution < 1.29 is 8.76 Å². The van der Waals surface area contributed by atoms with Gasteiger partial charge in [0, 0.05) is 17.3 Å². The summed E-state index contributed by atoms with van der Waals surface area (Å²) in [6.45, 7) is 0. The van der Waals surface area contributed by atoms with E-state index in [2.05, 4.69) is 27.1 Å². The van der Waals surface area contributed by atoms with Crippen LogP contribution in [0.2, 0.25) is 0 Å². The fourth-order valence-electron chi connectivity index (χ4n) is 4.18. The highest BCUT2D eigenvalue weighted by molar-refractivity contribution is 7.80. The molecule has 10 heteroatoms. The first-order chi connectivity index (χ1) is 14.1. The van der Waals surface area contributed by atoms with E-state index in [-0.39, 0.29) is 6.04 Å².